The Morgan fingerprint density at radius 3 is 2.44 bits per heavy atom. The number of alkyl halides is 3. The van der Waals surface area contributed by atoms with Gasteiger partial charge in [-0.3, -0.25) is 0 Å². The zero-order valence-corrected chi connectivity index (χ0v) is 20.7. The fraction of sp³-hybridized carbons (Fsp3) is 0.174. The summed E-state index contributed by atoms with van der Waals surface area (Å²) >= 11 is 13.5. The van der Waals surface area contributed by atoms with Gasteiger partial charge in [0, 0.05) is 9.90 Å². The Labute approximate surface area is 208 Å². The third-order valence-electron chi connectivity index (χ3n) is 4.95. The molecule has 0 N–H and O–H groups in total. The maximum atomic E-state index is 13.5. The molecule has 0 aliphatic heterocycles. The molecule has 0 aliphatic carbocycles. The highest BCUT2D eigenvalue weighted by Crippen LogP contribution is 2.40. The molecule has 4 nitrogen and oxygen atoms in total. The molecule has 2 aromatic carbocycles. The molecular weight excluding hydrogens is 528 g/mol. The molecule has 2 heterocycles. The monoisotopic (exact) mass is 544 g/mol. The van der Waals surface area contributed by atoms with E-state index < -0.39 is 21.7 Å². The summed E-state index contributed by atoms with van der Waals surface area (Å²) in [4.78, 5) is 1.40. The molecule has 178 valence electrons. The predicted octanol–water partition coefficient (Wildman–Crippen LogP) is 7.78. The van der Waals surface area contributed by atoms with E-state index in [1.165, 1.54) is 35.6 Å². The summed E-state index contributed by atoms with van der Waals surface area (Å²) in [6, 6.07) is 15.3. The normalized spacial score (nSPS) is 12.3. The van der Waals surface area contributed by atoms with Gasteiger partial charge in [-0.1, -0.05) is 42.3 Å². The van der Waals surface area contributed by atoms with Gasteiger partial charge in [0.2, 0.25) is 0 Å². The lowest BCUT2D eigenvalue weighted by Crippen LogP contribution is -2.07. The summed E-state index contributed by atoms with van der Waals surface area (Å²) in [5.74, 6) is 0.0337. The Balaban J connectivity index is 1.82. The molecular formula is C23H17Cl2F3N2O2S2. The van der Waals surface area contributed by atoms with Gasteiger partial charge in [0.1, 0.15) is 0 Å². The minimum Gasteiger partial charge on any atom is -0.230 e. The van der Waals surface area contributed by atoms with Crippen molar-refractivity contribution in [2.75, 3.05) is 5.75 Å². The van der Waals surface area contributed by atoms with Crippen LogP contribution in [0.15, 0.2) is 65.6 Å². The van der Waals surface area contributed by atoms with Crippen molar-refractivity contribution in [3.63, 3.8) is 0 Å². The first kappa shape index (κ1) is 24.8. The van der Waals surface area contributed by atoms with Crippen molar-refractivity contribution < 1.29 is 21.6 Å². The molecule has 4 rings (SSSR count). The van der Waals surface area contributed by atoms with Crippen LogP contribution in [0.25, 0.3) is 26.7 Å². The van der Waals surface area contributed by atoms with E-state index in [1.54, 1.807) is 37.3 Å². The van der Waals surface area contributed by atoms with Crippen LogP contribution in [0.3, 0.4) is 0 Å². The number of aromatic nitrogens is 2. The van der Waals surface area contributed by atoms with Crippen molar-refractivity contribution >= 4 is 44.4 Å². The second-order valence-electron chi connectivity index (χ2n) is 7.43. The van der Waals surface area contributed by atoms with E-state index in [9.17, 15) is 21.6 Å². The number of hydrogen-bond donors (Lipinski definition) is 0. The summed E-state index contributed by atoms with van der Waals surface area (Å²) < 4.78 is 66.5. The highest BCUT2D eigenvalue weighted by Gasteiger charge is 2.35. The van der Waals surface area contributed by atoms with Crippen molar-refractivity contribution in [3.05, 3.63) is 76.4 Å². The first-order valence-electron chi connectivity index (χ1n) is 10.1. The standard InChI is InChI=1S/C23H17Cl2F3N2O2S2/c1-2-10-34(31,32)16-5-3-4-14(11-16)20-8-9-21(33-20)19-13-22(23(26,27)28)29-30(19)18-12-15(24)6-7-17(18)25/h3-9,11-13H,2,10H2,1H3. The number of halogens is 5. The molecule has 0 aliphatic rings. The molecule has 0 unspecified atom stereocenters. The fourth-order valence-corrected chi connectivity index (χ4v) is 6.12. The van der Waals surface area contributed by atoms with Crippen molar-refractivity contribution in [2.24, 2.45) is 0 Å². The van der Waals surface area contributed by atoms with Gasteiger partial charge in [0.05, 0.1) is 31.9 Å². The van der Waals surface area contributed by atoms with Gasteiger partial charge in [-0.2, -0.15) is 18.3 Å². The molecule has 11 heteroatoms. The Bertz CT molecular complexity index is 1460. The Morgan fingerprint density at radius 2 is 1.74 bits per heavy atom. The Morgan fingerprint density at radius 1 is 1.00 bits per heavy atom. The predicted molar refractivity (Wildman–Crippen MR) is 130 cm³/mol. The van der Waals surface area contributed by atoms with Crippen LogP contribution in [-0.4, -0.2) is 24.0 Å². The smallest absolute Gasteiger partial charge is 0.230 e. The molecule has 0 bridgehead atoms. The minimum absolute atomic E-state index is 0.0337. The first-order valence-corrected chi connectivity index (χ1v) is 13.3. The summed E-state index contributed by atoms with van der Waals surface area (Å²) in [6.07, 6.45) is -4.17. The summed E-state index contributed by atoms with van der Waals surface area (Å²) in [5.41, 5.74) is -0.0257. The van der Waals surface area contributed by atoms with Crippen LogP contribution in [-0.2, 0) is 16.0 Å². The van der Waals surface area contributed by atoms with E-state index >= 15 is 0 Å². The number of thiophene rings is 1. The van der Waals surface area contributed by atoms with Gasteiger partial charge in [-0.15, -0.1) is 11.3 Å². The molecule has 0 saturated heterocycles. The van der Waals surface area contributed by atoms with Gasteiger partial charge in [0.15, 0.2) is 15.5 Å². The van der Waals surface area contributed by atoms with Crippen LogP contribution in [0, 0.1) is 0 Å². The van der Waals surface area contributed by atoms with E-state index in [0.717, 1.165) is 10.7 Å². The van der Waals surface area contributed by atoms with E-state index in [-0.39, 0.29) is 27.1 Å². The largest absolute Gasteiger partial charge is 0.435 e. The number of hydrogen-bond acceptors (Lipinski definition) is 4. The molecule has 0 fully saturated rings. The molecule has 0 saturated carbocycles. The molecule has 34 heavy (non-hydrogen) atoms. The zero-order chi connectivity index (χ0) is 24.7. The van der Waals surface area contributed by atoms with Crippen molar-refractivity contribution in [3.8, 4) is 26.7 Å². The minimum atomic E-state index is -4.66. The van der Waals surface area contributed by atoms with Crippen LogP contribution < -0.4 is 0 Å². The molecule has 0 radical (unpaired) electrons. The summed E-state index contributed by atoms with van der Waals surface area (Å²) in [7, 11) is -3.41. The summed E-state index contributed by atoms with van der Waals surface area (Å²) in [6.45, 7) is 1.79. The first-order chi connectivity index (χ1) is 16.0. The molecule has 0 spiro atoms. The van der Waals surface area contributed by atoms with E-state index in [0.29, 0.717) is 26.8 Å². The highest BCUT2D eigenvalue weighted by atomic mass is 35.5. The van der Waals surface area contributed by atoms with Gasteiger partial charge >= 0.3 is 6.18 Å². The average Bonchev–Trinajstić information content (AvgIpc) is 3.43. The molecule has 4 aromatic rings. The lowest BCUT2D eigenvalue weighted by molar-refractivity contribution is -0.141. The molecule has 0 amide bonds. The van der Waals surface area contributed by atoms with Gasteiger partial charge in [0.25, 0.3) is 0 Å². The SMILES string of the molecule is CCCS(=O)(=O)c1cccc(-c2ccc(-c3cc(C(F)(F)F)nn3-c3cc(Cl)ccc3Cl)s2)c1. The van der Waals surface area contributed by atoms with E-state index in [4.69, 9.17) is 23.2 Å². The van der Waals surface area contributed by atoms with Crippen LogP contribution in [0.2, 0.25) is 10.0 Å². The lowest BCUT2D eigenvalue weighted by Gasteiger charge is -2.09. The lowest BCUT2D eigenvalue weighted by atomic mass is 10.2. The van der Waals surface area contributed by atoms with Crippen LogP contribution in [0.1, 0.15) is 19.0 Å². The Kier molecular flexibility index (Phi) is 6.83. The fourth-order valence-electron chi connectivity index (χ4n) is 3.39. The van der Waals surface area contributed by atoms with Crippen LogP contribution in [0.4, 0.5) is 13.2 Å². The van der Waals surface area contributed by atoms with Crippen molar-refractivity contribution in [1.82, 2.24) is 9.78 Å². The highest BCUT2D eigenvalue weighted by molar-refractivity contribution is 7.91. The van der Waals surface area contributed by atoms with Crippen LogP contribution >= 0.6 is 34.5 Å². The third kappa shape index (κ3) is 5.02. The van der Waals surface area contributed by atoms with E-state index in [1.807, 2.05) is 0 Å². The maximum Gasteiger partial charge on any atom is 0.435 e. The van der Waals surface area contributed by atoms with Crippen LogP contribution in [0.5, 0.6) is 0 Å². The third-order valence-corrected chi connectivity index (χ3v) is 8.57. The average molecular weight is 545 g/mol. The quantitative estimate of drug-likeness (QED) is 0.249. The number of benzene rings is 2. The number of sulfone groups is 1. The van der Waals surface area contributed by atoms with Crippen molar-refractivity contribution in [2.45, 2.75) is 24.4 Å². The molecule has 2 aromatic heterocycles. The second kappa shape index (κ2) is 9.37. The van der Waals surface area contributed by atoms with Gasteiger partial charge < -0.3 is 0 Å². The topological polar surface area (TPSA) is 52.0 Å². The summed E-state index contributed by atoms with van der Waals surface area (Å²) in [5, 5.41) is 4.24. The van der Waals surface area contributed by atoms with Crippen molar-refractivity contribution in [1.29, 1.82) is 0 Å². The maximum absolute atomic E-state index is 13.5. The Hall–Kier alpha value is -2.33. The number of nitrogens with zero attached hydrogens (tertiary/aromatic N) is 2. The second-order valence-corrected chi connectivity index (χ2v) is 11.5. The number of rotatable bonds is 6. The van der Waals surface area contributed by atoms with Gasteiger partial charge in [-0.05, 0) is 60.5 Å². The zero-order valence-electron chi connectivity index (χ0n) is 17.6. The van der Waals surface area contributed by atoms with E-state index in [2.05, 4.69) is 5.10 Å². The molecule has 0 atom stereocenters. The van der Waals surface area contributed by atoms with Gasteiger partial charge in [-0.25, -0.2) is 13.1 Å².